The van der Waals surface area contributed by atoms with Gasteiger partial charge in [0.05, 0.1) is 36.4 Å². The highest BCUT2D eigenvalue weighted by Gasteiger charge is 2.59. The minimum Gasteiger partial charge on any atom is -0.493 e. The second-order valence-electron chi connectivity index (χ2n) is 20.2. The number of ether oxygens (including phenoxy) is 4. The molecule has 0 amide bonds. The van der Waals surface area contributed by atoms with Crippen molar-refractivity contribution in [3.05, 3.63) is 95.6 Å². The van der Waals surface area contributed by atoms with Crippen LogP contribution in [0.25, 0.3) is 11.1 Å². The number of benzene rings is 3. The normalized spacial score (nSPS) is 29.9. The molecule has 0 bridgehead atoms. The molecule has 59 heavy (non-hydrogen) atoms. The SMILES string of the molecule is CCC1(COc2ccc(-c3ccc(C(=O)Oc4ccc(C(=O)OC5CCC6(C)C(=CCC7C6CCC6(C)C(C(C)CCCC(C)C)CCC76)C5)cc4)cc3)cc2)COC1. The summed E-state index contributed by atoms with van der Waals surface area (Å²) in [5.74, 6) is 5.34. The summed E-state index contributed by atoms with van der Waals surface area (Å²) in [6.07, 6.45) is 17.2. The Hall–Kier alpha value is -3.90. The van der Waals surface area contributed by atoms with Crippen LogP contribution in [0.2, 0.25) is 0 Å². The third-order valence-corrected chi connectivity index (χ3v) is 16.3. The van der Waals surface area contributed by atoms with Gasteiger partial charge in [-0.25, -0.2) is 9.59 Å². The zero-order valence-electron chi connectivity index (χ0n) is 36.6. The van der Waals surface area contributed by atoms with E-state index in [2.05, 4.69) is 47.6 Å². The van der Waals surface area contributed by atoms with E-state index in [1.165, 1.54) is 56.9 Å². The molecule has 3 aromatic rings. The molecule has 4 aliphatic carbocycles. The topological polar surface area (TPSA) is 71.1 Å². The van der Waals surface area contributed by atoms with Gasteiger partial charge in [0.1, 0.15) is 17.6 Å². The van der Waals surface area contributed by atoms with E-state index >= 15 is 0 Å². The summed E-state index contributed by atoms with van der Waals surface area (Å²) in [4.78, 5) is 26.4. The van der Waals surface area contributed by atoms with Gasteiger partial charge in [0, 0.05) is 6.42 Å². The van der Waals surface area contributed by atoms with Crippen LogP contribution in [0, 0.1) is 51.8 Å². The first-order valence-corrected chi connectivity index (χ1v) is 23.0. The molecule has 0 radical (unpaired) electrons. The van der Waals surface area contributed by atoms with Crippen molar-refractivity contribution in [1.29, 1.82) is 0 Å². The number of carbonyl (C=O) groups is 2. The number of hydrogen-bond acceptors (Lipinski definition) is 6. The number of fused-ring (bicyclic) bond motifs is 5. The summed E-state index contributed by atoms with van der Waals surface area (Å²) in [5.41, 5.74) is 5.32. The van der Waals surface area contributed by atoms with E-state index in [9.17, 15) is 9.59 Å². The van der Waals surface area contributed by atoms with Gasteiger partial charge in [-0.05, 0) is 157 Å². The highest BCUT2D eigenvalue weighted by molar-refractivity contribution is 5.92. The summed E-state index contributed by atoms with van der Waals surface area (Å²) in [6, 6.07) is 22.2. The van der Waals surface area contributed by atoms with E-state index in [1.54, 1.807) is 36.4 Å². The molecule has 5 aliphatic rings. The first-order valence-electron chi connectivity index (χ1n) is 23.0. The maximum absolute atomic E-state index is 13.4. The third kappa shape index (κ3) is 8.54. The number of allylic oxidation sites excluding steroid dienone is 1. The van der Waals surface area contributed by atoms with E-state index in [1.807, 2.05) is 36.4 Å². The Morgan fingerprint density at radius 3 is 2.08 bits per heavy atom. The molecule has 0 N–H and O–H groups in total. The van der Waals surface area contributed by atoms with Crippen LogP contribution in [0.3, 0.4) is 0 Å². The Kier molecular flexibility index (Phi) is 12.2. The highest BCUT2D eigenvalue weighted by Crippen LogP contribution is 2.67. The summed E-state index contributed by atoms with van der Waals surface area (Å²) >= 11 is 0. The molecule has 1 aliphatic heterocycles. The zero-order chi connectivity index (χ0) is 41.4. The van der Waals surface area contributed by atoms with Crippen molar-refractivity contribution in [1.82, 2.24) is 0 Å². The second-order valence-corrected chi connectivity index (χ2v) is 20.2. The summed E-state index contributed by atoms with van der Waals surface area (Å²) in [7, 11) is 0. The summed E-state index contributed by atoms with van der Waals surface area (Å²) in [5, 5.41) is 0. The Labute approximate surface area is 353 Å². The minimum atomic E-state index is -0.448. The molecular formula is C53H68O6. The molecule has 3 saturated carbocycles. The minimum absolute atomic E-state index is 0.109. The van der Waals surface area contributed by atoms with Crippen LogP contribution in [0.1, 0.15) is 139 Å². The van der Waals surface area contributed by atoms with E-state index in [4.69, 9.17) is 18.9 Å². The monoisotopic (exact) mass is 801 g/mol. The number of rotatable bonds is 14. The van der Waals surface area contributed by atoms with Gasteiger partial charge < -0.3 is 18.9 Å². The third-order valence-electron chi connectivity index (χ3n) is 16.3. The van der Waals surface area contributed by atoms with Crippen molar-refractivity contribution >= 4 is 11.9 Å². The van der Waals surface area contributed by atoms with Gasteiger partial charge in [0.2, 0.25) is 0 Å². The molecule has 8 atom stereocenters. The van der Waals surface area contributed by atoms with E-state index < -0.39 is 5.97 Å². The fraction of sp³-hybridized carbons (Fsp3) is 0.585. The molecular weight excluding hydrogens is 733 g/mol. The van der Waals surface area contributed by atoms with Crippen LogP contribution >= 0.6 is 0 Å². The quantitative estimate of drug-likeness (QED) is 0.0919. The maximum atomic E-state index is 13.4. The average Bonchev–Trinajstić information content (AvgIpc) is 3.58. The molecule has 0 aromatic heterocycles. The van der Waals surface area contributed by atoms with Gasteiger partial charge in [-0.1, -0.05) is 96.7 Å². The number of carbonyl (C=O) groups excluding carboxylic acids is 2. The van der Waals surface area contributed by atoms with Gasteiger partial charge in [0.15, 0.2) is 0 Å². The predicted molar refractivity (Wildman–Crippen MR) is 235 cm³/mol. The van der Waals surface area contributed by atoms with Gasteiger partial charge >= 0.3 is 11.9 Å². The maximum Gasteiger partial charge on any atom is 0.343 e. The molecule has 1 saturated heterocycles. The van der Waals surface area contributed by atoms with Crippen molar-refractivity contribution in [2.45, 2.75) is 125 Å². The summed E-state index contributed by atoms with van der Waals surface area (Å²) < 4.78 is 23.3. The average molecular weight is 801 g/mol. The van der Waals surface area contributed by atoms with Crippen LogP contribution in [-0.2, 0) is 9.47 Å². The van der Waals surface area contributed by atoms with Crippen molar-refractivity contribution in [2.24, 2.45) is 51.8 Å². The molecule has 6 nitrogen and oxygen atoms in total. The smallest absolute Gasteiger partial charge is 0.343 e. The molecule has 8 unspecified atom stereocenters. The fourth-order valence-electron chi connectivity index (χ4n) is 12.4. The zero-order valence-corrected chi connectivity index (χ0v) is 36.6. The van der Waals surface area contributed by atoms with Crippen molar-refractivity contribution in [3.63, 3.8) is 0 Å². The van der Waals surface area contributed by atoms with Crippen molar-refractivity contribution in [2.75, 3.05) is 19.8 Å². The first kappa shape index (κ1) is 41.8. The molecule has 0 spiro atoms. The van der Waals surface area contributed by atoms with Crippen LogP contribution in [0.5, 0.6) is 11.5 Å². The van der Waals surface area contributed by atoms with Crippen LogP contribution in [0.15, 0.2) is 84.4 Å². The lowest BCUT2D eigenvalue weighted by Gasteiger charge is -2.58. The fourth-order valence-corrected chi connectivity index (χ4v) is 12.4. The molecule has 6 heteroatoms. The first-order chi connectivity index (χ1) is 28.4. The molecule has 8 rings (SSSR count). The van der Waals surface area contributed by atoms with Crippen LogP contribution < -0.4 is 9.47 Å². The molecule has 1 heterocycles. The van der Waals surface area contributed by atoms with Gasteiger partial charge in [0.25, 0.3) is 0 Å². The lowest BCUT2D eigenvalue weighted by atomic mass is 9.47. The van der Waals surface area contributed by atoms with Gasteiger partial charge in [-0.3, -0.25) is 0 Å². The lowest BCUT2D eigenvalue weighted by Crippen LogP contribution is -2.51. The Balaban J connectivity index is 0.817. The van der Waals surface area contributed by atoms with Crippen LogP contribution in [-0.4, -0.2) is 37.9 Å². The number of hydrogen-bond donors (Lipinski definition) is 0. The standard InChI is InChI=1S/C53H68O6/c1-7-53(32-56-33-53)34-57-42-20-15-38(16-21-42)37-11-13-39(14-12-37)49(54)58-43-22-17-40(18-23-43)50(55)59-44-27-29-51(5)41(31-44)19-24-45-47-26-25-46(36(4)10-8-9-35(2)3)52(47,6)30-28-48(45)51/h11-23,35-36,44-48H,7-10,24-34H2,1-6H3. The van der Waals surface area contributed by atoms with Crippen LogP contribution in [0.4, 0.5) is 0 Å². The van der Waals surface area contributed by atoms with Gasteiger partial charge in [-0.15, -0.1) is 0 Å². The summed E-state index contributed by atoms with van der Waals surface area (Å²) in [6.45, 7) is 16.8. The van der Waals surface area contributed by atoms with Crippen molar-refractivity contribution in [3.8, 4) is 22.6 Å². The van der Waals surface area contributed by atoms with E-state index in [-0.39, 0.29) is 22.9 Å². The number of esters is 2. The predicted octanol–water partition coefficient (Wildman–Crippen LogP) is 12.9. The van der Waals surface area contributed by atoms with Crippen molar-refractivity contribution < 1.29 is 28.5 Å². The van der Waals surface area contributed by atoms with E-state index in [0.29, 0.717) is 28.9 Å². The largest absolute Gasteiger partial charge is 0.493 e. The Bertz CT molecular complexity index is 1950. The Morgan fingerprint density at radius 1 is 0.763 bits per heavy atom. The molecule has 3 aromatic carbocycles. The molecule has 316 valence electrons. The Morgan fingerprint density at radius 2 is 1.42 bits per heavy atom. The second kappa shape index (κ2) is 17.2. The molecule has 4 fully saturated rings. The van der Waals surface area contributed by atoms with E-state index in [0.717, 1.165) is 91.3 Å². The highest BCUT2D eigenvalue weighted by atomic mass is 16.5. The van der Waals surface area contributed by atoms with Gasteiger partial charge in [-0.2, -0.15) is 0 Å². The lowest BCUT2D eigenvalue weighted by molar-refractivity contribution is -0.133.